The average Bonchev–Trinajstić information content (AvgIpc) is 3.20. The number of fused-ring (bicyclic) bond motifs is 1. The van der Waals surface area contributed by atoms with Gasteiger partial charge in [-0.15, -0.1) is 0 Å². The fraction of sp³-hybridized carbons (Fsp3) is 0.333. The Morgan fingerprint density at radius 1 is 1.07 bits per heavy atom. The Labute approximate surface area is 164 Å². The van der Waals surface area contributed by atoms with Crippen molar-refractivity contribution in [3.8, 4) is 11.5 Å². The summed E-state index contributed by atoms with van der Waals surface area (Å²) in [5, 5.41) is 5.36. The molecule has 1 heterocycles. The molecule has 2 amide bonds. The van der Waals surface area contributed by atoms with E-state index in [1.807, 2.05) is 37.3 Å². The SMILES string of the molecule is C[C@@H](OCCCNC(=O)CNC(=O)c1ccc2c(c1)OCO2)c1ccccc1. The fourth-order valence-corrected chi connectivity index (χ4v) is 2.74. The molecule has 1 aliphatic heterocycles. The van der Waals surface area contributed by atoms with Crippen LogP contribution in [0.2, 0.25) is 0 Å². The molecule has 7 heteroatoms. The third kappa shape index (κ3) is 5.47. The summed E-state index contributed by atoms with van der Waals surface area (Å²) >= 11 is 0. The van der Waals surface area contributed by atoms with Crippen LogP contribution in [-0.4, -0.2) is 38.3 Å². The van der Waals surface area contributed by atoms with Gasteiger partial charge in [-0.1, -0.05) is 30.3 Å². The van der Waals surface area contributed by atoms with E-state index in [1.165, 1.54) is 0 Å². The molecule has 0 aliphatic carbocycles. The molecule has 1 atom stereocenters. The van der Waals surface area contributed by atoms with Crippen LogP contribution < -0.4 is 20.1 Å². The Hall–Kier alpha value is -3.06. The molecule has 7 nitrogen and oxygen atoms in total. The van der Waals surface area contributed by atoms with E-state index in [9.17, 15) is 9.59 Å². The van der Waals surface area contributed by atoms with E-state index in [0.717, 1.165) is 5.56 Å². The Morgan fingerprint density at radius 3 is 2.68 bits per heavy atom. The highest BCUT2D eigenvalue weighted by molar-refractivity contribution is 5.97. The molecular formula is C21H24N2O5. The van der Waals surface area contributed by atoms with Crippen molar-refractivity contribution in [2.45, 2.75) is 19.4 Å². The molecule has 0 saturated carbocycles. The monoisotopic (exact) mass is 384 g/mol. The van der Waals surface area contributed by atoms with E-state index < -0.39 is 0 Å². The van der Waals surface area contributed by atoms with Crippen molar-refractivity contribution in [1.29, 1.82) is 0 Å². The Bertz CT molecular complexity index is 810. The molecule has 2 aromatic rings. The zero-order chi connectivity index (χ0) is 19.8. The van der Waals surface area contributed by atoms with Crippen LogP contribution >= 0.6 is 0 Å². The average molecular weight is 384 g/mol. The van der Waals surface area contributed by atoms with Gasteiger partial charge in [-0.3, -0.25) is 9.59 Å². The van der Waals surface area contributed by atoms with Gasteiger partial charge >= 0.3 is 0 Å². The van der Waals surface area contributed by atoms with Crippen LogP contribution in [0.25, 0.3) is 0 Å². The second-order valence-electron chi connectivity index (χ2n) is 6.38. The fourth-order valence-electron chi connectivity index (χ4n) is 2.74. The largest absolute Gasteiger partial charge is 0.454 e. The number of rotatable bonds is 9. The van der Waals surface area contributed by atoms with E-state index in [-0.39, 0.29) is 31.3 Å². The van der Waals surface area contributed by atoms with Crippen LogP contribution in [0.15, 0.2) is 48.5 Å². The number of carbonyl (C=O) groups excluding carboxylic acids is 2. The van der Waals surface area contributed by atoms with Crippen molar-refractivity contribution < 1.29 is 23.8 Å². The highest BCUT2D eigenvalue weighted by Gasteiger charge is 2.16. The summed E-state index contributed by atoms with van der Waals surface area (Å²) in [6, 6.07) is 14.9. The van der Waals surface area contributed by atoms with Crippen molar-refractivity contribution in [2.24, 2.45) is 0 Å². The molecule has 0 saturated heterocycles. The summed E-state index contributed by atoms with van der Waals surface area (Å²) in [7, 11) is 0. The molecule has 0 radical (unpaired) electrons. The summed E-state index contributed by atoms with van der Waals surface area (Å²) in [6.07, 6.45) is 0.705. The quantitative estimate of drug-likeness (QED) is 0.649. The molecule has 0 fully saturated rings. The molecule has 148 valence electrons. The zero-order valence-electron chi connectivity index (χ0n) is 15.8. The summed E-state index contributed by atoms with van der Waals surface area (Å²) in [6.45, 7) is 3.09. The Morgan fingerprint density at radius 2 is 1.86 bits per heavy atom. The highest BCUT2D eigenvalue weighted by atomic mass is 16.7. The van der Waals surface area contributed by atoms with E-state index >= 15 is 0 Å². The Balaban J connectivity index is 1.30. The smallest absolute Gasteiger partial charge is 0.251 e. The molecule has 2 aromatic carbocycles. The molecule has 3 rings (SSSR count). The van der Waals surface area contributed by atoms with Gasteiger partial charge in [0.05, 0.1) is 12.6 Å². The molecular weight excluding hydrogens is 360 g/mol. The number of hydrogen-bond acceptors (Lipinski definition) is 5. The minimum Gasteiger partial charge on any atom is -0.454 e. The predicted octanol–water partition coefficient (Wildman–Crippen LogP) is 2.43. The van der Waals surface area contributed by atoms with Gasteiger partial charge in [-0.05, 0) is 37.1 Å². The van der Waals surface area contributed by atoms with Crippen LogP contribution in [0.1, 0.15) is 35.4 Å². The maximum atomic E-state index is 12.1. The lowest BCUT2D eigenvalue weighted by molar-refractivity contribution is -0.120. The molecule has 0 aromatic heterocycles. The van der Waals surface area contributed by atoms with Crippen molar-refractivity contribution in [2.75, 3.05) is 26.5 Å². The van der Waals surface area contributed by atoms with Crippen molar-refractivity contribution in [1.82, 2.24) is 10.6 Å². The number of carbonyl (C=O) groups is 2. The van der Waals surface area contributed by atoms with E-state index in [4.69, 9.17) is 14.2 Å². The number of ether oxygens (including phenoxy) is 3. The molecule has 0 unspecified atom stereocenters. The number of hydrogen-bond donors (Lipinski definition) is 2. The first-order valence-electron chi connectivity index (χ1n) is 9.24. The third-order valence-corrected chi connectivity index (χ3v) is 4.32. The molecule has 0 spiro atoms. The topological polar surface area (TPSA) is 85.9 Å². The lowest BCUT2D eigenvalue weighted by Crippen LogP contribution is -2.37. The summed E-state index contributed by atoms with van der Waals surface area (Å²) in [5.41, 5.74) is 1.54. The van der Waals surface area contributed by atoms with Crippen LogP contribution in [-0.2, 0) is 9.53 Å². The van der Waals surface area contributed by atoms with Gasteiger partial charge < -0.3 is 24.8 Å². The summed E-state index contributed by atoms with van der Waals surface area (Å²) in [5.74, 6) is 0.554. The summed E-state index contributed by atoms with van der Waals surface area (Å²) < 4.78 is 16.2. The lowest BCUT2D eigenvalue weighted by atomic mass is 10.1. The van der Waals surface area contributed by atoms with E-state index in [2.05, 4.69) is 10.6 Å². The maximum absolute atomic E-state index is 12.1. The maximum Gasteiger partial charge on any atom is 0.251 e. The van der Waals surface area contributed by atoms with Gasteiger partial charge in [-0.25, -0.2) is 0 Å². The van der Waals surface area contributed by atoms with Gasteiger partial charge in [0.2, 0.25) is 12.7 Å². The number of amides is 2. The van der Waals surface area contributed by atoms with Crippen molar-refractivity contribution in [3.05, 3.63) is 59.7 Å². The first-order valence-corrected chi connectivity index (χ1v) is 9.24. The van der Waals surface area contributed by atoms with Gasteiger partial charge in [0.15, 0.2) is 11.5 Å². The third-order valence-electron chi connectivity index (χ3n) is 4.32. The Kier molecular flexibility index (Phi) is 6.86. The van der Waals surface area contributed by atoms with Crippen molar-refractivity contribution >= 4 is 11.8 Å². The predicted molar refractivity (Wildman–Crippen MR) is 103 cm³/mol. The zero-order valence-corrected chi connectivity index (χ0v) is 15.8. The normalized spacial score (nSPS) is 13.0. The van der Waals surface area contributed by atoms with E-state index in [1.54, 1.807) is 18.2 Å². The second-order valence-corrected chi connectivity index (χ2v) is 6.38. The van der Waals surface area contributed by atoms with E-state index in [0.29, 0.717) is 36.6 Å². The highest BCUT2D eigenvalue weighted by Crippen LogP contribution is 2.32. The first kappa shape index (κ1) is 19.7. The molecule has 0 bridgehead atoms. The number of benzene rings is 2. The van der Waals surface area contributed by atoms with Crippen LogP contribution in [0.4, 0.5) is 0 Å². The van der Waals surface area contributed by atoms with Gasteiger partial charge in [0.1, 0.15) is 0 Å². The minimum atomic E-state index is -0.339. The number of nitrogens with one attached hydrogen (secondary N) is 2. The first-order chi connectivity index (χ1) is 13.6. The molecule has 1 aliphatic rings. The lowest BCUT2D eigenvalue weighted by Gasteiger charge is -2.13. The van der Waals surface area contributed by atoms with Gasteiger partial charge in [-0.2, -0.15) is 0 Å². The van der Waals surface area contributed by atoms with Crippen LogP contribution in [0.5, 0.6) is 11.5 Å². The molecule has 28 heavy (non-hydrogen) atoms. The van der Waals surface area contributed by atoms with Crippen LogP contribution in [0, 0.1) is 0 Å². The van der Waals surface area contributed by atoms with Crippen molar-refractivity contribution in [3.63, 3.8) is 0 Å². The standard InChI is InChI=1S/C21H24N2O5/c1-15(16-6-3-2-4-7-16)26-11-5-10-22-20(24)13-23-21(25)17-8-9-18-19(12-17)28-14-27-18/h2-4,6-9,12,15H,5,10-11,13-14H2,1H3,(H,22,24)(H,23,25)/t15-/m1/s1. The summed E-state index contributed by atoms with van der Waals surface area (Å²) in [4.78, 5) is 24.0. The second kappa shape index (κ2) is 9.75. The van der Waals surface area contributed by atoms with Gasteiger partial charge in [0, 0.05) is 18.7 Å². The van der Waals surface area contributed by atoms with Crippen LogP contribution in [0.3, 0.4) is 0 Å². The minimum absolute atomic E-state index is 0.0119. The van der Waals surface area contributed by atoms with Gasteiger partial charge in [0.25, 0.3) is 5.91 Å². The molecule has 2 N–H and O–H groups in total.